The molecule has 5 rings (SSSR count). The van der Waals surface area contributed by atoms with Gasteiger partial charge in [0, 0.05) is 47.0 Å². The van der Waals surface area contributed by atoms with Crippen molar-refractivity contribution < 1.29 is 36.4 Å². The fourth-order valence-corrected chi connectivity index (χ4v) is 7.49. The Bertz CT molecular complexity index is 1360. The highest BCUT2D eigenvalue weighted by Gasteiger charge is 2.59. The van der Waals surface area contributed by atoms with Crippen molar-refractivity contribution in [1.29, 1.82) is 0 Å². The van der Waals surface area contributed by atoms with Crippen LogP contribution in [-0.4, -0.2) is 78.1 Å². The van der Waals surface area contributed by atoms with Gasteiger partial charge in [-0.25, -0.2) is 9.37 Å². The second kappa shape index (κ2) is 12.1. The van der Waals surface area contributed by atoms with E-state index in [0.717, 1.165) is 19.0 Å². The van der Waals surface area contributed by atoms with E-state index in [1.165, 1.54) is 19.2 Å². The molecule has 0 radical (unpaired) electrons. The number of carbonyl (C=O) groups is 2. The molecule has 44 heavy (non-hydrogen) atoms. The number of halogens is 4. The lowest BCUT2D eigenvalue weighted by molar-refractivity contribution is -0.200. The Morgan fingerprint density at radius 3 is 2.32 bits per heavy atom. The minimum atomic E-state index is -4.59. The van der Waals surface area contributed by atoms with Crippen LogP contribution in [0.2, 0.25) is 0 Å². The summed E-state index contributed by atoms with van der Waals surface area (Å²) in [6.45, 7) is 4.85. The standard InChI is InChI=1S/C29H38F4N6O4S/c1-27(2,3)44(42)38-28(29(31,32)33)9-7-17(8-10-28)35-25(40)16-11-18-5-6-19(12-16)39(18)26(41)23-14-22(36-37-23)20-13-24(43-4)34-15-21(20)30/h13-19,38H,5-12H2,1-4H3,(H,35,40)(H,36,37)/t16-,17?,18-,19+,28?,44?. The summed E-state index contributed by atoms with van der Waals surface area (Å²) >= 11 is -1.90. The fourth-order valence-electron chi connectivity index (χ4n) is 6.51. The number of amides is 2. The third-order valence-electron chi connectivity index (χ3n) is 9.04. The van der Waals surface area contributed by atoms with E-state index in [9.17, 15) is 31.7 Å². The van der Waals surface area contributed by atoms with Gasteiger partial charge in [-0.05, 0) is 78.2 Å². The minimum Gasteiger partial charge on any atom is -0.598 e. The predicted molar refractivity (Wildman–Crippen MR) is 154 cm³/mol. The molecule has 3 fully saturated rings. The minimum absolute atomic E-state index is 0.106. The SMILES string of the molecule is COc1cc(-c2cc(C(=O)N3[C@@H]4CC[C@H]3C[C@H](C(=O)NC3CCC(N[S+]([O-])C(C)(C)C)(C(F)(F)F)CC3)C4)n[nH]2)c(F)cn1. The quantitative estimate of drug-likeness (QED) is 0.301. The predicted octanol–water partition coefficient (Wildman–Crippen LogP) is 4.41. The summed E-state index contributed by atoms with van der Waals surface area (Å²) in [6, 6.07) is 2.10. The number of rotatable bonds is 7. The number of pyridine rings is 1. The zero-order valence-corrected chi connectivity index (χ0v) is 25.9. The van der Waals surface area contributed by atoms with Gasteiger partial charge in [-0.2, -0.15) is 18.3 Å². The number of fused-ring (bicyclic) bond motifs is 2. The highest BCUT2D eigenvalue weighted by atomic mass is 32.2. The smallest absolute Gasteiger partial charge is 0.410 e. The third-order valence-corrected chi connectivity index (χ3v) is 10.7. The van der Waals surface area contributed by atoms with Crippen LogP contribution in [0.25, 0.3) is 11.3 Å². The number of alkyl halides is 3. The summed E-state index contributed by atoms with van der Waals surface area (Å²) in [6.07, 6.45) is -1.60. The van der Waals surface area contributed by atoms with E-state index in [-0.39, 0.29) is 72.6 Å². The molecule has 2 bridgehead atoms. The van der Waals surface area contributed by atoms with Gasteiger partial charge >= 0.3 is 6.18 Å². The number of aromatic amines is 1. The molecule has 0 spiro atoms. The molecule has 1 unspecified atom stereocenters. The average molecular weight is 643 g/mol. The number of carbonyl (C=O) groups excluding carboxylic acids is 2. The Morgan fingerprint density at radius 2 is 1.75 bits per heavy atom. The third kappa shape index (κ3) is 6.41. The molecule has 1 aliphatic carbocycles. The number of hydrogen-bond donors (Lipinski definition) is 3. The Morgan fingerprint density at radius 1 is 1.11 bits per heavy atom. The van der Waals surface area contributed by atoms with Crippen LogP contribution in [0.1, 0.15) is 82.6 Å². The second-order valence-electron chi connectivity index (χ2n) is 13.0. The molecule has 2 amide bonds. The van der Waals surface area contributed by atoms with Crippen molar-refractivity contribution in [2.75, 3.05) is 7.11 Å². The summed E-state index contributed by atoms with van der Waals surface area (Å²) < 4.78 is 75.9. The number of nitrogens with zero attached hydrogens (tertiary/aromatic N) is 3. The maximum atomic E-state index is 14.4. The molecule has 4 heterocycles. The van der Waals surface area contributed by atoms with E-state index >= 15 is 0 Å². The molecule has 1 saturated carbocycles. The van der Waals surface area contributed by atoms with E-state index < -0.39 is 39.7 Å². The number of ether oxygens (including phenoxy) is 1. The summed E-state index contributed by atoms with van der Waals surface area (Å²) in [4.78, 5) is 32.3. The summed E-state index contributed by atoms with van der Waals surface area (Å²) in [5.41, 5.74) is -1.67. The van der Waals surface area contributed by atoms with Gasteiger partial charge in [-0.15, -0.1) is 4.72 Å². The van der Waals surface area contributed by atoms with Crippen molar-refractivity contribution in [3.63, 3.8) is 0 Å². The number of nitrogens with one attached hydrogen (secondary N) is 3. The number of piperidine rings is 1. The topological polar surface area (TPSA) is 135 Å². The molecule has 2 aromatic heterocycles. The highest BCUT2D eigenvalue weighted by Crippen LogP contribution is 2.44. The average Bonchev–Trinajstić information content (AvgIpc) is 3.55. The van der Waals surface area contributed by atoms with Crippen molar-refractivity contribution in [1.82, 2.24) is 30.1 Å². The lowest BCUT2D eigenvalue weighted by atomic mass is 9.79. The molecule has 3 aliphatic rings. The zero-order chi connectivity index (χ0) is 32.0. The Balaban J connectivity index is 1.19. The van der Waals surface area contributed by atoms with Crippen LogP contribution in [0.15, 0.2) is 18.3 Å². The first-order valence-corrected chi connectivity index (χ1v) is 15.9. The van der Waals surface area contributed by atoms with Gasteiger partial charge in [-0.1, -0.05) is 0 Å². The van der Waals surface area contributed by atoms with E-state index in [4.69, 9.17) is 4.74 Å². The number of hydrogen-bond acceptors (Lipinski definition) is 7. The van der Waals surface area contributed by atoms with Crippen molar-refractivity contribution in [2.45, 2.75) is 107 Å². The van der Waals surface area contributed by atoms with Crippen molar-refractivity contribution in [2.24, 2.45) is 5.92 Å². The van der Waals surface area contributed by atoms with Crippen molar-refractivity contribution in [3.05, 3.63) is 29.8 Å². The first-order valence-electron chi connectivity index (χ1n) is 14.8. The van der Waals surface area contributed by atoms with E-state index in [1.54, 1.807) is 25.7 Å². The van der Waals surface area contributed by atoms with Crippen LogP contribution in [0.4, 0.5) is 17.6 Å². The van der Waals surface area contributed by atoms with Crippen LogP contribution in [-0.2, 0) is 16.2 Å². The zero-order valence-electron chi connectivity index (χ0n) is 25.1. The van der Waals surface area contributed by atoms with Crippen molar-refractivity contribution in [3.8, 4) is 17.1 Å². The Kier molecular flexibility index (Phi) is 8.95. The van der Waals surface area contributed by atoms with Gasteiger partial charge < -0.3 is 19.5 Å². The lowest BCUT2D eigenvalue weighted by Gasteiger charge is -2.43. The van der Waals surface area contributed by atoms with Crippen LogP contribution in [0.5, 0.6) is 5.88 Å². The molecular weight excluding hydrogens is 604 g/mol. The molecule has 2 aromatic rings. The van der Waals surface area contributed by atoms with Crippen LogP contribution in [0.3, 0.4) is 0 Å². The first kappa shape index (κ1) is 32.5. The van der Waals surface area contributed by atoms with E-state index in [0.29, 0.717) is 18.5 Å². The molecule has 15 heteroatoms. The fraction of sp³-hybridized carbons (Fsp3) is 0.655. The summed E-state index contributed by atoms with van der Waals surface area (Å²) in [5, 5.41) is 9.80. The van der Waals surface area contributed by atoms with Crippen molar-refractivity contribution >= 4 is 23.2 Å². The molecule has 242 valence electrons. The van der Waals surface area contributed by atoms with Crippen LogP contribution >= 0.6 is 0 Å². The largest absolute Gasteiger partial charge is 0.598 e. The van der Waals surface area contributed by atoms with E-state index in [1.807, 2.05) is 0 Å². The summed E-state index contributed by atoms with van der Waals surface area (Å²) in [5.74, 6) is -1.28. The molecule has 4 atom stereocenters. The van der Waals surface area contributed by atoms with Crippen LogP contribution < -0.4 is 14.8 Å². The molecule has 2 saturated heterocycles. The highest BCUT2D eigenvalue weighted by molar-refractivity contribution is 7.90. The Labute approximate surface area is 256 Å². The van der Waals surface area contributed by atoms with Gasteiger partial charge in [0.2, 0.25) is 11.8 Å². The van der Waals surface area contributed by atoms with Gasteiger partial charge in [-0.3, -0.25) is 14.7 Å². The normalized spacial score (nSPS) is 28.1. The first-order chi connectivity index (χ1) is 20.6. The molecule has 10 nitrogen and oxygen atoms in total. The Hall–Kier alpha value is -2.91. The van der Waals surface area contributed by atoms with Gasteiger partial charge in [0.15, 0.2) is 17.1 Å². The van der Waals surface area contributed by atoms with Crippen LogP contribution in [0, 0.1) is 11.7 Å². The maximum Gasteiger partial charge on any atom is 0.410 e. The lowest BCUT2D eigenvalue weighted by Crippen LogP contribution is -2.63. The monoisotopic (exact) mass is 642 g/mol. The molecular formula is C29H38F4N6O4S. The second-order valence-corrected chi connectivity index (χ2v) is 15.0. The number of aromatic nitrogens is 3. The maximum absolute atomic E-state index is 14.4. The molecule has 2 aliphatic heterocycles. The van der Waals surface area contributed by atoms with Gasteiger partial charge in [0.1, 0.15) is 4.75 Å². The molecule has 3 N–H and O–H groups in total. The van der Waals surface area contributed by atoms with Gasteiger partial charge in [0.25, 0.3) is 5.91 Å². The van der Waals surface area contributed by atoms with Gasteiger partial charge in [0.05, 0.1) is 19.0 Å². The summed E-state index contributed by atoms with van der Waals surface area (Å²) in [7, 11) is 1.41. The van der Waals surface area contributed by atoms with E-state index in [2.05, 4.69) is 25.2 Å². The number of methoxy groups -OCH3 is 1. The number of H-pyrrole nitrogens is 1. The molecule has 0 aromatic carbocycles.